The molecule has 2 aromatic carbocycles. The molecule has 1 heterocycles. The van der Waals surface area contributed by atoms with Crippen molar-refractivity contribution in [3.63, 3.8) is 0 Å². The van der Waals surface area contributed by atoms with Crippen LogP contribution < -0.4 is 15.5 Å². The van der Waals surface area contributed by atoms with E-state index in [1.807, 2.05) is 38.1 Å². The van der Waals surface area contributed by atoms with Gasteiger partial charge in [0, 0.05) is 19.6 Å². The lowest BCUT2D eigenvalue weighted by molar-refractivity contribution is -0.00517. The summed E-state index contributed by atoms with van der Waals surface area (Å²) in [6.45, 7) is 5.99. The molecule has 1 fully saturated rings. The van der Waals surface area contributed by atoms with Gasteiger partial charge in [0.1, 0.15) is 5.82 Å². The van der Waals surface area contributed by atoms with E-state index in [1.165, 1.54) is 12.1 Å². The highest BCUT2D eigenvalue weighted by molar-refractivity contribution is 5.93. The van der Waals surface area contributed by atoms with E-state index in [-0.39, 0.29) is 24.1 Å². The highest BCUT2D eigenvalue weighted by atomic mass is 19.1. The van der Waals surface area contributed by atoms with Crippen molar-refractivity contribution in [1.29, 1.82) is 0 Å². The standard InChI is InChI=1S/C20H24FN3O2/c1-14-12-24(13-15(2)26-14)19-6-4-3-5-18(19)23-20(25)22-11-16-7-9-17(21)10-8-16/h3-10,14-15H,11-13H2,1-2H3,(H2,22,23,25). The fourth-order valence-corrected chi connectivity index (χ4v) is 3.18. The molecular weight excluding hydrogens is 333 g/mol. The summed E-state index contributed by atoms with van der Waals surface area (Å²) in [5.74, 6) is -0.291. The van der Waals surface area contributed by atoms with E-state index in [0.717, 1.165) is 30.0 Å². The molecule has 2 unspecified atom stereocenters. The van der Waals surface area contributed by atoms with Gasteiger partial charge in [-0.2, -0.15) is 0 Å². The van der Waals surface area contributed by atoms with Crippen LogP contribution in [0.4, 0.5) is 20.6 Å². The molecule has 1 aliphatic rings. The Morgan fingerprint density at radius 3 is 2.46 bits per heavy atom. The smallest absolute Gasteiger partial charge is 0.319 e. The van der Waals surface area contributed by atoms with Crippen LogP contribution in [-0.2, 0) is 11.3 Å². The molecule has 0 radical (unpaired) electrons. The minimum absolute atomic E-state index is 0.138. The summed E-state index contributed by atoms with van der Waals surface area (Å²) in [4.78, 5) is 14.5. The average molecular weight is 357 g/mol. The average Bonchev–Trinajstić information content (AvgIpc) is 2.61. The van der Waals surface area contributed by atoms with Crippen LogP contribution in [-0.4, -0.2) is 31.3 Å². The first-order valence-corrected chi connectivity index (χ1v) is 8.80. The van der Waals surface area contributed by atoms with E-state index in [2.05, 4.69) is 15.5 Å². The van der Waals surface area contributed by atoms with Crippen LogP contribution in [0.15, 0.2) is 48.5 Å². The Hall–Kier alpha value is -2.60. The molecule has 0 aromatic heterocycles. The number of carbonyl (C=O) groups excluding carboxylic acids is 1. The van der Waals surface area contributed by atoms with Crippen LogP contribution in [0.25, 0.3) is 0 Å². The first-order chi connectivity index (χ1) is 12.5. The lowest BCUT2D eigenvalue weighted by Crippen LogP contribution is -2.45. The summed E-state index contributed by atoms with van der Waals surface area (Å²) < 4.78 is 18.7. The number of hydrogen-bond donors (Lipinski definition) is 2. The maximum absolute atomic E-state index is 12.9. The second kappa shape index (κ2) is 8.19. The van der Waals surface area contributed by atoms with Gasteiger partial charge in [0.25, 0.3) is 0 Å². The zero-order valence-corrected chi connectivity index (χ0v) is 15.0. The van der Waals surface area contributed by atoms with E-state index in [9.17, 15) is 9.18 Å². The van der Waals surface area contributed by atoms with Gasteiger partial charge in [0.15, 0.2) is 0 Å². The third-order valence-corrected chi connectivity index (χ3v) is 4.28. The van der Waals surface area contributed by atoms with Gasteiger partial charge in [-0.1, -0.05) is 24.3 Å². The minimum atomic E-state index is -0.295. The van der Waals surface area contributed by atoms with E-state index >= 15 is 0 Å². The van der Waals surface area contributed by atoms with Crippen molar-refractivity contribution < 1.29 is 13.9 Å². The van der Waals surface area contributed by atoms with Gasteiger partial charge in [-0.05, 0) is 43.7 Å². The number of rotatable bonds is 4. The summed E-state index contributed by atoms with van der Waals surface area (Å²) in [5, 5.41) is 5.71. The molecule has 26 heavy (non-hydrogen) atoms. The van der Waals surface area contributed by atoms with Crippen molar-refractivity contribution in [3.8, 4) is 0 Å². The van der Waals surface area contributed by atoms with E-state index < -0.39 is 0 Å². The zero-order chi connectivity index (χ0) is 18.5. The molecule has 0 bridgehead atoms. The number of para-hydroxylation sites is 2. The predicted molar refractivity (Wildman–Crippen MR) is 101 cm³/mol. The van der Waals surface area contributed by atoms with Crippen molar-refractivity contribution in [3.05, 3.63) is 59.9 Å². The topological polar surface area (TPSA) is 53.6 Å². The number of nitrogens with zero attached hydrogens (tertiary/aromatic N) is 1. The van der Waals surface area contributed by atoms with E-state index in [4.69, 9.17) is 4.74 Å². The van der Waals surface area contributed by atoms with Crippen molar-refractivity contribution >= 4 is 17.4 Å². The summed E-state index contributed by atoms with van der Waals surface area (Å²) in [5.41, 5.74) is 2.57. The third kappa shape index (κ3) is 4.73. The van der Waals surface area contributed by atoms with Gasteiger partial charge < -0.3 is 20.3 Å². The first kappa shape index (κ1) is 18.2. The number of amides is 2. The van der Waals surface area contributed by atoms with Crippen molar-refractivity contribution in [2.24, 2.45) is 0 Å². The first-order valence-electron chi connectivity index (χ1n) is 8.80. The van der Waals surface area contributed by atoms with E-state index in [0.29, 0.717) is 6.54 Å². The number of ether oxygens (including phenoxy) is 1. The number of morpholine rings is 1. The maximum Gasteiger partial charge on any atom is 0.319 e. The number of hydrogen-bond acceptors (Lipinski definition) is 3. The molecule has 0 aliphatic carbocycles. The molecular formula is C20H24FN3O2. The third-order valence-electron chi connectivity index (χ3n) is 4.28. The van der Waals surface area contributed by atoms with Gasteiger partial charge in [-0.15, -0.1) is 0 Å². The number of halogens is 1. The number of carbonyl (C=O) groups is 1. The second-order valence-electron chi connectivity index (χ2n) is 6.61. The van der Waals surface area contributed by atoms with Crippen LogP contribution in [0, 0.1) is 5.82 Å². The SMILES string of the molecule is CC1CN(c2ccccc2NC(=O)NCc2ccc(F)cc2)CC(C)O1. The Balaban J connectivity index is 1.64. The van der Waals surface area contributed by atoms with Crippen LogP contribution >= 0.6 is 0 Å². The fraction of sp³-hybridized carbons (Fsp3) is 0.350. The molecule has 1 aliphatic heterocycles. The molecule has 2 N–H and O–H groups in total. The van der Waals surface area contributed by atoms with E-state index in [1.54, 1.807) is 12.1 Å². The van der Waals surface area contributed by atoms with Gasteiger partial charge in [0.2, 0.25) is 0 Å². The van der Waals surface area contributed by atoms with Crippen molar-refractivity contribution in [1.82, 2.24) is 5.32 Å². The molecule has 2 atom stereocenters. The molecule has 3 rings (SSSR count). The van der Waals surface area contributed by atoms with Crippen LogP contribution in [0.3, 0.4) is 0 Å². The Morgan fingerprint density at radius 1 is 1.12 bits per heavy atom. The van der Waals surface area contributed by atoms with Crippen molar-refractivity contribution in [2.75, 3.05) is 23.3 Å². The van der Waals surface area contributed by atoms with Crippen LogP contribution in [0.1, 0.15) is 19.4 Å². The quantitative estimate of drug-likeness (QED) is 0.876. The highest BCUT2D eigenvalue weighted by Crippen LogP contribution is 2.28. The molecule has 5 nitrogen and oxygen atoms in total. The number of benzene rings is 2. The second-order valence-corrected chi connectivity index (χ2v) is 6.61. The normalized spacial score (nSPS) is 19.9. The zero-order valence-electron chi connectivity index (χ0n) is 15.0. The lowest BCUT2D eigenvalue weighted by Gasteiger charge is -2.37. The lowest BCUT2D eigenvalue weighted by atomic mass is 10.1. The van der Waals surface area contributed by atoms with Gasteiger partial charge >= 0.3 is 6.03 Å². The summed E-state index contributed by atoms with van der Waals surface area (Å²) in [6, 6.07) is 13.5. The number of anilines is 2. The van der Waals surface area contributed by atoms with Crippen LogP contribution in [0.5, 0.6) is 0 Å². The van der Waals surface area contributed by atoms with Crippen molar-refractivity contribution in [2.45, 2.75) is 32.6 Å². The summed E-state index contributed by atoms with van der Waals surface area (Å²) in [6.07, 6.45) is 0.276. The maximum atomic E-state index is 12.9. The predicted octanol–water partition coefficient (Wildman–Crippen LogP) is 3.76. The Labute approximate surface area is 153 Å². The summed E-state index contributed by atoms with van der Waals surface area (Å²) in [7, 11) is 0. The minimum Gasteiger partial charge on any atom is -0.372 e. The highest BCUT2D eigenvalue weighted by Gasteiger charge is 2.24. The summed E-state index contributed by atoms with van der Waals surface area (Å²) >= 11 is 0. The van der Waals surface area contributed by atoms with Gasteiger partial charge in [-0.3, -0.25) is 0 Å². The largest absolute Gasteiger partial charge is 0.372 e. The molecule has 138 valence electrons. The Morgan fingerprint density at radius 2 is 1.77 bits per heavy atom. The number of nitrogens with one attached hydrogen (secondary N) is 2. The molecule has 0 spiro atoms. The molecule has 2 aromatic rings. The molecule has 6 heteroatoms. The number of urea groups is 1. The monoisotopic (exact) mass is 357 g/mol. The Bertz CT molecular complexity index is 741. The molecule has 0 saturated carbocycles. The van der Waals surface area contributed by atoms with Gasteiger partial charge in [0.05, 0.1) is 23.6 Å². The Kier molecular flexibility index (Phi) is 5.73. The molecule has 2 amide bonds. The fourth-order valence-electron chi connectivity index (χ4n) is 3.18. The van der Waals surface area contributed by atoms with Gasteiger partial charge in [-0.25, -0.2) is 9.18 Å². The molecule has 1 saturated heterocycles. The van der Waals surface area contributed by atoms with Crippen LogP contribution in [0.2, 0.25) is 0 Å².